The number of rotatable bonds is 6. The molecule has 0 saturated heterocycles. The van der Waals surface area contributed by atoms with Crippen LogP contribution in [0.15, 0.2) is 58.2 Å². The molecule has 3 amide bonds. The van der Waals surface area contributed by atoms with Gasteiger partial charge in [0.1, 0.15) is 5.52 Å². The molecule has 0 radical (unpaired) electrons. The highest BCUT2D eigenvalue weighted by Gasteiger charge is 2.11. The van der Waals surface area contributed by atoms with Gasteiger partial charge in [0.25, 0.3) is 17.0 Å². The molecule has 0 atom stereocenters. The lowest BCUT2D eigenvalue weighted by Crippen LogP contribution is -2.46. The minimum absolute atomic E-state index is 0.0166. The molecular weight excluding hydrogens is 380 g/mol. The molecule has 9 heteroatoms. The van der Waals surface area contributed by atoms with Gasteiger partial charge < -0.3 is 9.73 Å². The molecule has 0 spiro atoms. The number of hydrazine groups is 1. The van der Waals surface area contributed by atoms with Crippen molar-refractivity contribution in [3.8, 4) is 0 Å². The summed E-state index contributed by atoms with van der Waals surface area (Å²) in [6, 6.07) is 14.3. The molecule has 8 nitrogen and oxygen atoms in total. The van der Waals surface area contributed by atoms with E-state index in [-0.39, 0.29) is 18.2 Å². The van der Waals surface area contributed by atoms with Crippen LogP contribution in [-0.4, -0.2) is 35.0 Å². The van der Waals surface area contributed by atoms with Crippen molar-refractivity contribution in [3.63, 3.8) is 0 Å². The largest absolute Gasteiger partial charge is 0.431 e. The number of carbonyl (C=O) groups excluding carboxylic acids is 3. The Balaban J connectivity index is 1.38. The Morgan fingerprint density at radius 3 is 2.61 bits per heavy atom. The number of hydrogen-bond acceptors (Lipinski definition) is 6. The lowest BCUT2D eigenvalue weighted by Gasteiger charge is -2.08. The third-order valence-corrected chi connectivity index (χ3v) is 4.46. The number of oxazole rings is 1. The molecule has 1 aromatic heterocycles. The van der Waals surface area contributed by atoms with Crippen LogP contribution in [-0.2, 0) is 9.59 Å². The fourth-order valence-electron chi connectivity index (χ4n) is 2.31. The number of thioether (sulfide) groups is 1. The Kier molecular flexibility index (Phi) is 6.28. The van der Waals surface area contributed by atoms with Crippen molar-refractivity contribution in [2.45, 2.75) is 12.1 Å². The van der Waals surface area contributed by atoms with Crippen LogP contribution in [0.25, 0.3) is 11.1 Å². The van der Waals surface area contributed by atoms with Crippen molar-refractivity contribution in [2.75, 3.05) is 12.3 Å². The molecule has 144 valence electrons. The number of aryl methyl sites for hydroxylation is 1. The first kappa shape index (κ1) is 19.4. The molecule has 3 N–H and O–H groups in total. The van der Waals surface area contributed by atoms with E-state index in [2.05, 4.69) is 21.2 Å². The Morgan fingerprint density at radius 2 is 1.82 bits per heavy atom. The topological polar surface area (TPSA) is 113 Å². The van der Waals surface area contributed by atoms with Crippen molar-refractivity contribution in [3.05, 3.63) is 59.7 Å². The van der Waals surface area contributed by atoms with Crippen molar-refractivity contribution in [1.82, 2.24) is 21.2 Å². The number of amides is 3. The molecule has 0 aliphatic heterocycles. The molecule has 2 aromatic carbocycles. The summed E-state index contributed by atoms with van der Waals surface area (Å²) in [6.07, 6.45) is 0. The molecule has 1 heterocycles. The zero-order chi connectivity index (χ0) is 19.9. The number of aromatic nitrogens is 1. The van der Waals surface area contributed by atoms with E-state index in [1.165, 1.54) is 0 Å². The molecular formula is C19H18N4O4S. The normalized spacial score (nSPS) is 10.5. The Labute approximate surface area is 165 Å². The van der Waals surface area contributed by atoms with Gasteiger partial charge in [-0.3, -0.25) is 25.2 Å². The van der Waals surface area contributed by atoms with Crippen LogP contribution in [0.2, 0.25) is 0 Å². The minimum atomic E-state index is -0.541. The van der Waals surface area contributed by atoms with Gasteiger partial charge in [-0.2, -0.15) is 0 Å². The molecule has 0 unspecified atom stereocenters. The quantitative estimate of drug-likeness (QED) is 0.431. The zero-order valence-corrected chi connectivity index (χ0v) is 15.8. The summed E-state index contributed by atoms with van der Waals surface area (Å²) < 4.78 is 5.50. The second-order valence-corrected chi connectivity index (χ2v) is 6.81. The highest BCUT2D eigenvalue weighted by Crippen LogP contribution is 2.22. The van der Waals surface area contributed by atoms with Gasteiger partial charge in [-0.25, -0.2) is 4.98 Å². The Hall–Kier alpha value is -3.33. The van der Waals surface area contributed by atoms with E-state index in [0.717, 1.165) is 17.3 Å². The number of fused-ring (bicyclic) bond motifs is 1. The number of nitrogens with one attached hydrogen (secondary N) is 3. The maximum atomic E-state index is 12.0. The summed E-state index contributed by atoms with van der Waals surface area (Å²) in [4.78, 5) is 39.8. The van der Waals surface area contributed by atoms with Gasteiger partial charge in [0.05, 0.1) is 12.3 Å². The van der Waals surface area contributed by atoms with Gasteiger partial charge in [-0.1, -0.05) is 41.6 Å². The first-order chi connectivity index (χ1) is 13.5. The predicted octanol–water partition coefficient (Wildman–Crippen LogP) is 1.81. The van der Waals surface area contributed by atoms with Crippen LogP contribution in [0.4, 0.5) is 0 Å². The van der Waals surface area contributed by atoms with Crippen LogP contribution in [0.3, 0.4) is 0 Å². The van der Waals surface area contributed by atoms with Gasteiger partial charge in [0.2, 0.25) is 5.91 Å². The maximum Gasteiger partial charge on any atom is 0.257 e. The standard InChI is InChI=1S/C19H18N4O4S/c1-12-5-4-6-13(9-12)18(26)20-10-16(24)22-23-17(25)11-28-19-21-14-7-2-3-8-15(14)27-19/h2-9H,10-11H2,1H3,(H,20,26)(H,22,24)(H,23,25). The van der Waals surface area contributed by atoms with Gasteiger partial charge in [-0.15, -0.1) is 0 Å². The SMILES string of the molecule is Cc1cccc(C(=O)NCC(=O)NNC(=O)CSc2nc3ccccc3o2)c1. The van der Waals surface area contributed by atoms with Gasteiger partial charge in [-0.05, 0) is 31.2 Å². The third kappa shape index (κ3) is 5.34. The summed E-state index contributed by atoms with van der Waals surface area (Å²) >= 11 is 1.11. The summed E-state index contributed by atoms with van der Waals surface area (Å²) in [5, 5.41) is 2.86. The predicted molar refractivity (Wildman–Crippen MR) is 105 cm³/mol. The average molecular weight is 398 g/mol. The van der Waals surface area contributed by atoms with Gasteiger partial charge in [0, 0.05) is 5.56 Å². The van der Waals surface area contributed by atoms with Crippen LogP contribution in [0.1, 0.15) is 15.9 Å². The highest BCUT2D eigenvalue weighted by molar-refractivity contribution is 7.99. The van der Waals surface area contributed by atoms with E-state index in [9.17, 15) is 14.4 Å². The molecule has 0 aliphatic rings. The van der Waals surface area contributed by atoms with Gasteiger partial charge >= 0.3 is 0 Å². The van der Waals surface area contributed by atoms with E-state index in [1.807, 2.05) is 31.2 Å². The van der Waals surface area contributed by atoms with E-state index in [4.69, 9.17) is 4.42 Å². The summed E-state index contributed by atoms with van der Waals surface area (Å²) in [5.41, 5.74) is 7.29. The van der Waals surface area contributed by atoms with Crippen LogP contribution < -0.4 is 16.2 Å². The number of benzene rings is 2. The number of hydrogen-bond donors (Lipinski definition) is 3. The second-order valence-electron chi connectivity index (χ2n) is 5.88. The van der Waals surface area contributed by atoms with Crippen molar-refractivity contribution in [2.24, 2.45) is 0 Å². The molecule has 0 aliphatic carbocycles. The average Bonchev–Trinajstić information content (AvgIpc) is 3.12. The number of carbonyl (C=O) groups is 3. The van der Waals surface area contributed by atoms with Crippen LogP contribution >= 0.6 is 11.8 Å². The van der Waals surface area contributed by atoms with E-state index in [0.29, 0.717) is 21.9 Å². The summed E-state index contributed by atoms with van der Waals surface area (Å²) in [7, 11) is 0. The first-order valence-corrected chi connectivity index (χ1v) is 9.41. The van der Waals surface area contributed by atoms with E-state index in [1.54, 1.807) is 24.3 Å². The molecule has 0 saturated carbocycles. The lowest BCUT2D eigenvalue weighted by atomic mass is 10.1. The smallest absolute Gasteiger partial charge is 0.257 e. The molecule has 0 bridgehead atoms. The van der Waals surface area contributed by atoms with Crippen LogP contribution in [0, 0.1) is 6.92 Å². The Bertz CT molecular complexity index is 985. The van der Waals surface area contributed by atoms with E-state index >= 15 is 0 Å². The fraction of sp³-hybridized carbons (Fsp3) is 0.158. The van der Waals surface area contributed by atoms with Gasteiger partial charge in [0.15, 0.2) is 5.58 Å². The number of para-hydroxylation sites is 2. The second kappa shape index (κ2) is 9.05. The first-order valence-electron chi connectivity index (χ1n) is 8.42. The highest BCUT2D eigenvalue weighted by atomic mass is 32.2. The Morgan fingerprint density at radius 1 is 1.04 bits per heavy atom. The molecule has 3 rings (SSSR count). The summed E-state index contributed by atoms with van der Waals surface area (Å²) in [6.45, 7) is 1.61. The number of nitrogens with zero attached hydrogens (tertiary/aromatic N) is 1. The fourth-order valence-corrected chi connectivity index (χ4v) is 2.95. The lowest BCUT2D eigenvalue weighted by molar-refractivity contribution is -0.127. The van der Waals surface area contributed by atoms with Crippen LogP contribution in [0.5, 0.6) is 0 Å². The van der Waals surface area contributed by atoms with Crippen molar-refractivity contribution in [1.29, 1.82) is 0 Å². The van der Waals surface area contributed by atoms with Crippen molar-refractivity contribution < 1.29 is 18.8 Å². The molecule has 3 aromatic rings. The van der Waals surface area contributed by atoms with E-state index < -0.39 is 11.8 Å². The van der Waals surface area contributed by atoms with Crippen molar-refractivity contribution >= 4 is 40.6 Å². The summed E-state index contributed by atoms with van der Waals surface area (Å²) in [5.74, 6) is -1.31. The molecule has 0 fully saturated rings. The third-order valence-electron chi connectivity index (χ3n) is 3.63. The molecule has 28 heavy (non-hydrogen) atoms. The zero-order valence-electron chi connectivity index (χ0n) is 15.0. The maximum absolute atomic E-state index is 12.0. The monoisotopic (exact) mass is 398 g/mol. The minimum Gasteiger partial charge on any atom is -0.431 e.